The zero-order chi connectivity index (χ0) is 28.3. The largest absolute Gasteiger partial charge is 0.493 e. The first-order chi connectivity index (χ1) is 19.3. The number of aliphatic hydroxyl groups excluding tert-OH is 1. The molecule has 1 saturated heterocycles. The van der Waals surface area contributed by atoms with Gasteiger partial charge < -0.3 is 30.1 Å². The van der Waals surface area contributed by atoms with Crippen LogP contribution in [-0.2, 0) is 14.9 Å². The second-order valence-corrected chi connectivity index (χ2v) is 11.0. The highest BCUT2D eigenvalue weighted by Gasteiger charge is 2.38. The van der Waals surface area contributed by atoms with Gasteiger partial charge in [-0.3, -0.25) is 9.59 Å². The molecule has 0 spiro atoms. The molecule has 208 valence electrons. The molecule has 2 aliphatic rings. The second-order valence-electron chi connectivity index (χ2n) is 10.1. The van der Waals surface area contributed by atoms with Crippen LogP contribution in [0, 0.1) is 11.3 Å². The van der Waals surface area contributed by atoms with Gasteiger partial charge in [0.05, 0.1) is 43.7 Å². The predicted molar refractivity (Wildman–Crippen MR) is 152 cm³/mol. The number of aliphatic hydroxyl groups is 1. The monoisotopic (exact) mass is 561 g/mol. The van der Waals surface area contributed by atoms with Crippen LogP contribution in [0.25, 0.3) is 11.3 Å². The fraction of sp³-hybridized carbons (Fsp3) is 0.379. The molecule has 11 heteroatoms. The van der Waals surface area contributed by atoms with Gasteiger partial charge in [-0.2, -0.15) is 5.26 Å². The van der Waals surface area contributed by atoms with Crippen molar-refractivity contribution in [2.45, 2.75) is 37.9 Å². The van der Waals surface area contributed by atoms with E-state index in [1.54, 1.807) is 18.2 Å². The van der Waals surface area contributed by atoms with Crippen molar-refractivity contribution in [1.29, 1.82) is 5.26 Å². The zero-order valence-corrected chi connectivity index (χ0v) is 23.2. The number of hydrogen-bond donors (Lipinski definition) is 3. The Morgan fingerprint density at radius 1 is 1.23 bits per heavy atom. The van der Waals surface area contributed by atoms with Crippen LogP contribution in [0.5, 0.6) is 5.75 Å². The number of anilines is 2. The van der Waals surface area contributed by atoms with Gasteiger partial charge in [-0.1, -0.05) is 12.1 Å². The smallest absolute Gasteiger partial charge is 0.251 e. The number of nitrogens with one attached hydrogen (secondary N) is 2. The van der Waals surface area contributed by atoms with Gasteiger partial charge in [-0.05, 0) is 44.2 Å². The number of fused-ring (bicyclic) bond motifs is 1. The lowest BCUT2D eigenvalue weighted by molar-refractivity contribution is -0.115. The fourth-order valence-electron chi connectivity index (χ4n) is 5.10. The number of nitriles is 1. The first-order valence-electron chi connectivity index (χ1n) is 13.1. The summed E-state index contributed by atoms with van der Waals surface area (Å²) in [5.41, 5.74) is 2.41. The van der Waals surface area contributed by atoms with E-state index in [-0.39, 0.29) is 30.9 Å². The number of benzene rings is 2. The highest BCUT2D eigenvalue weighted by Crippen LogP contribution is 2.39. The summed E-state index contributed by atoms with van der Waals surface area (Å²) in [7, 11) is 0. The highest BCUT2D eigenvalue weighted by molar-refractivity contribution is 7.14. The summed E-state index contributed by atoms with van der Waals surface area (Å²) in [4.78, 5) is 32.2. The maximum absolute atomic E-state index is 12.8. The van der Waals surface area contributed by atoms with Gasteiger partial charge in [-0.25, -0.2) is 4.98 Å². The molecule has 0 aliphatic carbocycles. The van der Waals surface area contributed by atoms with Gasteiger partial charge in [-0.15, -0.1) is 11.3 Å². The maximum atomic E-state index is 12.8. The van der Waals surface area contributed by atoms with Crippen molar-refractivity contribution in [3.8, 4) is 23.1 Å². The van der Waals surface area contributed by atoms with Crippen molar-refractivity contribution >= 4 is 34.0 Å². The summed E-state index contributed by atoms with van der Waals surface area (Å²) in [5, 5.41) is 27.2. The Balaban J connectivity index is 1.20. The standard InChI is InChI=1S/C29H31N5O5S/c1-18-13-34(14-19(2)39-18)22-5-3-4-20(10-22)24-15-40-28(32-24)33-26(36)12-31-27(37)21-6-7-25-23(11-21)29(16-30,17-35)8-9-38-25/h3-7,10-11,15,18-19,35H,8-9,12-14,17H2,1-2H3,(H,31,37)(H,32,33,36)/t18-,19+,29?. The average molecular weight is 562 g/mol. The molecule has 2 amide bonds. The third-order valence-electron chi connectivity index (χ3n) is 7.11. The number of rotatable bonds is 7. The first kappa shape index (κ1) is 27.6. The summed E-state index contributed by atoms with van der Waals surface area (Å²) < 4.78 is 11.4. The van der Waals surface area contributed by atoms with Crippen LogP contribution in [0.3, 0.4) is 0 Å². The van der Waals surface area contributed by atoms with Gasteiger partial charge in [0.2, 0.25) is 5.91 Å². The number of morpholine rings is 1. The zero-order valence-electron chi connectivity index (χ0n) is 22.3. The van der Waals surface area contributed by atoms with E-state index >= 15 is 0 Å². The van der Waals surface area contributed by atoms with Crippen LogP contribution in [0.15, 0.2) is 47.8 Å². The lowest BCUT2D eigenvalue weighted by Crippen LogP contribution is -2.45. The van der Waals surface area contributed by atoms with Crippen LogP contribution in [0.2, 0.25) is 0 Å². The number of carbonyl (C=O) groups excluding carboxylic acids is 2. The Labute approximate surface area is 236 Å². The molecule has 3 aromatic rings. The SMILES string of the molecule is C[C@@H]1CN(c2cccc(-c3csc(NC(=O)CNC(=O)c4ccc5c(c4)C(C#N)(CO)CCO5)n3)c2)C[C@H](C)O1. The van der Waals surface area contributed by atoms with E-state index in [1.807, 2.05) is 17.5 Å². The average Bonchev–Trinajstić information content (AvgIpc) is 3.43. The molecule has 0 radical (unpaired) electrons. The van der Waals surface area contributed by atoms with E-state index < -0.39 is 17.2 Å². The quantitative estimate of drug-likeness (QED) is 0.400. The molecule has 2 aliphatic heterocycles. The lowest BCUT2D eigenvalue weighted by atomic mass is 9.77. The minimum atomic E-state index is -1.12. The minimum Gasteiger partial charge on any atom is -0.493 e. The first-order valence-corrected chi connectivity index (χ1v) is 14.0. The molecular formula is C29H31N5O5S. The number of hydrogen-bond acceptors (Lipinski definition) is 9. The molecular weight excluding hydrogens is 530 g/mol. The Hall–Kier alpha value is -3.98. The highest BCUT2D eigenvalue weighted by atomic mass is 32.1. The van der Waals surface area contributed by atoms with Crippen molar-refractivity contribution in [2.75, 3.05) is 43.1 Å². The molecule has 2 aromatic carbocycles. The number of aromatic nitrogens is 1. The molecule has 3 heterocycles. The number of ether oxygens (including phenoxy) is 2. The topological polar surface area (TPSA) is 137 Å². The van der Waals surface area contributed by atoms with E-state index in [9.17, 15) is 20.0 Å². The molecule has 1 aromatic heterocycles. The molecule has 1 unspecified atom stereocenters. The molecule has 0 saturated carbocycles. The van der Waals surface area contributed by atoms with Crippen LogP contribution >= 0.6 is 11.3 Å². The Kier molecular flexibility index (Phi) is 8.02. The molecule has 10 nitrogen and oxygen atoms in total. The Morgan fingerprint density at radius 3 is 2.77 bits per heavy atom. The van der Waals surface area contributed by atoms with E-state index in [1.165, 1.54) is 11.3 Å². The molecule has 5 rings (SSSR count). The number of nitrogens with zero attached hydrogens (tertiary/aromatic N) is 3. The van der Waals surface area contributed by atoms with E-state index in [4.69, 9.17) is 9.47 Å². The third kappa shape index (κ3) is 5.79. The summed E-state index contributed by atoms with van der Waals surface area (Å²) in [5.74, 6) is -0.422. The van der Waals surface area contributed by atoms with Crippen LogP contribution in [0.4, 0.5) is 10.8 Å². The summed E-state index contributed by atoms with van der Waals surface area (Å²) in [6, 6.07) is 15.0. The maximum Gasteiger partial charge on any atom is 0.251 e. The summed E-state index contributed by atoms with van der Waals surface area (Å²) in [6.07, 6.45) is 0.635. The molecule has 1 fully saturated rings. The minimum absolute atomic E-state index is 0.155. The number of amides is 2. The summed E-state index contributed by atoms with van der Waals surface area (Å²) >= 11 is 1.31. The Bertz CT molecular complexity index is 1440. The Morgan fingerprint density at radius 2 is 2.02 bits per heavy atom. The van der Waals surface area contributed by atoms with Gasteiger partial charge in [0, 0.05) is 47.3 Å². The number of carbonyl (C=O) groups is 2. The summed E-state index contributed by atoms with van der Waals surface area (Å²) in [6.45, 7) is 5.45. The van der Waals surface area contributed by atoms with Crippen molar-refractivity contribution in [1.82, 2.24) is 10.3 Å². The van der Waals surface area contributed by atoms with Crippen LogP contribution in [-0.4, -0.2) is 67.0 Å². The predicted octanol–water partition coefficient (Wildman–Crippen LogP) is 3.33. The van der Waals surface area contributed by atoms with Gasteiger partial charge in [0.25, 0.3) is 5.91 Å². The van der Waals surface area contributed by atoms with E-state index in [0.717, 1.165) is 30.0 Å². The molecule has 3 atom stereocenters. The second kappa shape index (κ2) is 11.6. The van der Waals surface area contributed by atoms with Crippen molar-refractivity contribution in [3.05, 3.63) is 59.0 Å². The molecule has 40 heavy (non-hydrogen) atoms. The van der Waals surface area contributed by atoms with Crippen molar-refractivity contribution in [3.63, 3.8) is 0 Å². The lowest BCUT2D eigenvalue weighted by Gasteiger charge is -2.37. The van der Waals surface area contributed by atoms with Gasteiger partial charge in [0.1, 0.15) is 11.2 Å². The van der Waals surface area contributed by atoms with Crippen LogP contribution in [0.1, 0.15) is 36.2 Å². The van der Waals surface area contributed by atoms with Gasteiger partial charge >= 0.3 is 0 Å². The molecule has 0 bridgehead atoms. The van der Waals surface area contributed by atoms with Gasteiger partial charge in [0.15, 0.2) is 5.13 Å². The number of thiazole rings is 1. The van der Waals surface area contributed by atoms with Crippen LogP contribution < -0.4 is 20.3 Å². The third-order valence-corrected chi connectivity index (χ3v) is 7.87. The van der Waals surface area contributed by atoms with E-state index in [0.29, 0.717) is 29.5 Å². The van der Waals surface area contributed by atoms with Crippen molar-refractivity contribution in [2.24, 2.45) is 0 Å². The fourth-order valence-corrected chi connectivity index (χ4v) is 5.83. The van der Waals surface area contributed by atoms with Crippen molar-refractivity contribution < 1.29 is 24.2 Å². The van der Waals surface area contributed by atoms with E-state index in [2.05, 4.69) is 52.6 Å². The molecule has 3 N–H and O–H groups in total. The normalized spacial score (nSPS) is 22.0.